The van der Waals surface area contributed by atoms with E-state index in [9.17, 15) is 0 Å². The van der Waals surface area contributed by atoms with Crippen LogP contribution in [0.3, 0.4) is 0 Å². The summed E-state index contributed by atoms with van der Waals surface area (Å²) in [5.74, 6) is 0. The lowest BCUT2D eigenvalue weighted by atomic mass is 9.84. The molecule has 10 aromatic rings. The lowest BCUT2D eigenvalue weighted by molar-refractivity contribution is 1.18. The SMILES string of the molecule is c1ccc(-c2c3ccccc3c(-c3ccc(-c4ccc5c(c4)c4ccccc4n5-c4ccccc4)cc3)c3ccc4ccccc4c23)cc1. The van der Waals surface area contributed by atoms with Crippen molar-refractivity contribution in [3.05, 3.63) is 188 Å². The number of hydrogen-bond acceptors (Lipinski definition) is 0. The highest BCUT2D eigenvalue weighted by atomic mass is 15.0. The number of rotatable bonds is 4. The molecule has 0 saturated heterocycles. The Balaban J connectivity index is 1.17. The first kappa shape index (κ1) is 27.7. The summed E-state index contributed by atoms with van der Waals surface area (Å²) in [4.78, 5) is 0. The quantitative estimate of drug-likeness (QED) is 0.136. The van der Waals surface area contributed by atoms with Gasteiger partial charge in [-0.25, -0.2) is 0 Å². The number of nitrogens with zero attached hydrogens (tertiary/aromatic N) is 1. The summed E-state index contributed by atoms with van der Waals surface area (Å²) in [6.45, 7) is 0. The minimum Gasteiger partial charge on any atom is -0.309 e. The van der Waals surface area contributed by atoms with E-state index in [0.717, 1.165) is 0 Å². The van der Waals surface area contributed by atoms with Crippen molar-refractivity contribution in [3.8, 4) is 39.1 Å². The maximum absolute atomic E-state index is 2.37. The summed E-state index contributed by atoms with van der Waals surface area (Å²) in [5.41, 5.74) is 11.1. The summed E-state index contributed by atoms with van der Waals surface area (Å²) < 4.78 is 2.37. The van der Waals surface area contributed by atoms with Crippen LogP contribution in [0, 0.1) is 0 Å². The first-order valence-electron chi connectivity index (χ1n) is 16.9. The summed E-state index contributed by atoms with van der Waals surface area (Å²) in [7, 11) is 0. The molecule has 1 aromatic heterocycles. The molecular weight excluding hydrogens is 591 g/mol. The molecule has 228 valence electrons. The van der Waals surface area contributed by atoms with Gasteiger partial charge in [-0.3, -0.25) is 0 Å². The molecule has 0 aliphatic heterocycles. The van der Waals surface area contributed by atoms with Gasteiger partial charge in [-0.05, 0) is 96.0 Å². The molecule has 0 bridgehead atoms. The average Bonchev–Trinajstić information content (AvgIpc) is 3.51. The Labute approximate surface area is 284 Å². The van der Waals surface area contributed by atoms with Gasteiger partial charge in [-0.15, -0.1) is 0 Å². The van der Waals surface area contributed by atoms with E-state index in [1.54, 1.807) is 0 Å². The predicted octanol–water partition coefficient (Wildman–Crippen LogP) is 13.2. The number of fused-ring (bicyclic) bond motifs is 7. The number of hydrogen-bond donors (Lipinski definition) is 0. The Morgan fingerprint density at radius 1 is 0.286 bits per heavy atom. The second kappa shape index (κ2) is 11.1. The third-order valence-electron chi connectivity index (χ3n) is 10.2. The highest BCUT2D eigenvalue weighted by Crippen LogP contribution is 2.46. The van der Waals surface area contributed by atoms with Gasteiger partial charge in [0.15, 0.2) is 0 Å². The molecular formula is C48H31N. The molecule has 0 amide bonds. The molecule has 10 rings (SSSR count). The smallest absolute Gasteiger partial charge is 0.0541 e. The molecule has 1 heterocycles. The molecule has 0 aliphatic rings. The van der Waals surface area contributed by atoms with Crippen molar-refractivity contribution in [2.45, 2.75) is 0 Å². The van der Waals surface area contributed by atoms with Crippen LogP contribution in [0.15, 0.2) is 188 Å². The topological polar surface area (TPSA) is 4.93 Å². The first-order chi connectivity index (χ1) is 24.3. The molecule has 0 aliphatic carbocycles. The van der Waals surface area contributed by atoms with Crippen LogP contribution in [-0.2, 0) is 0 Å². The highest BCUT2D eigenvalue weighted by molar-refractivity contribution is 6.28. The zero-order valence-corrected chi connectivity index (χ0v) is 26.8. The predicted molar refractivity (Wildman–Crippen MR) is 210 cm³/mol. The molecule has 49 heavy (non-hydrogen) atoms. The van der Waals surface area contributed by atoms with Gasteiger partial charge >= 0.3 is 0 Å². The number of benzene rings is 9. The maximum atomic E-state index is 2.37. The van der Waals surface area contributed by atoms with Crippen LogP contribution in [0.2, 0.25) is 0 Å². The van der Waals surface area contributed by atoms with Crippen LogP contribution in [0.5, 0.6) is 0 Å². The largest absolute Gasteiger partial charge is 0.309 e. The summed E-state index contributed by atoms with van der Waals surface area (Å²) in [6, 6.07) is 68.7. The Hall–Kier alpha value is -6.44. The first-order valence-corrected chi connectivity index (χ1v) is 16.9. The van der Waals surface area contributed by atoms with Gasteiger partial charge in [0.25, 0.3) is 0 Å². The minimum absolute atomic E-state index is 1.18. The third kappa shape index (κ3) is 4.33. The van der Waals surface area contributed by atoms with Crippen molar-refractivity contribution >= 4 is 54.1 Å². The lowest BCUT2D eigenvalue weighted by Crippen LogP contribution is -1.93. The fraction of sp³-hybridized carbons (Fsp3) is 0. The van der Waals surface area contributed by atoms with Crippen LogP contribution >= 0.6 is 0 Å². The van der Waals surface area contributed by atoms with Gasteiger partial charge in [0, 0.05) is 16.5 Å². The molecule has 0 unspecified atom stereocenters. The molecule has 9 aromatic carbocycles. The zero-order chi connectivity index (χ0) is 32.3. The van der Waals surface area contributed by atoms with E-state index < -0.39 is 0 Å². The van der Waals surface area contributed by atoms with Crippen molar-refractivity contribution < 1.29 is 0 Å². The maximum Gasteiger partial charge on any atom is 0.0541 e. The van der Waals surface area contributed by atoms with Gasteiger partial charge in [0.1, 0.15) is 0 Å². The van der Waals surface area contributed by atoms with Crippen molar-refractivity contribution in [2.24, 2.45) is 0 Å². The van der Waals surface area contributed by atoms with E-state index >= 15 is 0 Å². The molecule has 0 fully saturated rings. The molecule has 0 N–H and O–H groups in total. The highest BCUT2D eigenvalue weighted by Gasteiger charge is 2.19. The monoisotopic (exact) mass is 621 g/mol. The van der Waals surface area contributed by atoms with Crippen molar-refractivity contribution in [1.29, 1.82) is 0 Å². The normalized spacial score (nSPS) is 11.7. The van der Waals surface area contributed by atoms with E-state index in [0.29, 0.717) is 0 Å². The van der Waals surface area contributed by atoms with Crippen LogP contribution in [0.25, 0.3) is 93.2 Å². The van der Waals surface area contributed by atoms with Gasteiger partial charge < -0.3 is 4.57 Å². The molecule has 0 saturated carbocycles. The van der Waals surface area contributed by atoms with E-state index in [2.05, 4.69) is 193 Å². The van der Waals surface area contributed by atoms with Gasteiger partial charge in [0.2, 0.25) is 0 Å². The molecule has 0 atom stereocenters. The zero-order valence-electron chi connectivity index (χ0n) is 26.8. The molecule has 0 radical (unpaired) electrons. The van der Waals surface area contributed by atoms with E-state index in [1.165, 1.54) is 93.2 Å². The van der Waals surface area contributed by atoms with Crippen molar-refractivity contribution in [3.63, 3.8) is 0 Å². The summed E-state index contributed by atoms with van der Waals surface area (Å²) in [5, 5.41) is 10.2. The van der Waals surface area contributed by atoms with Crippen LogP contribution < -0.4 is 0 Å². The van der Waals surface area contributed by atoms with Crippen molar-refractivity contribution in [2.75, 3.05) is 0 Å². The van der Waals surface area contributed by atoms with Gasteiger partial charge in [-0.2, -0.15) is 0 Å². The minimum atomic E-state index is 1.18. The fourth-order valence-electron chi connectivity index (χ4n) is 8.00. The van der Waals surface area contributed by atoms with E-state index in [4.69, 9.17) is 0 Å². The van der Waals surface area contributed by atoms with E-state index in [1.807, 2.05) is 0 Å². The van der Waals surface area contributed by atoms with Crippen LogP contribution in [-0.4, -0.2) is 4.57 Å². The van der Waals surface area contributed by atoms with Crippen LogP contribution in [0.4, 0.5) is 0 Å². The number of para-hydroxylation sites is 2. The van der Waals surface area contributed by atoms with Crippen molar-refractivity contribution in [1.82, 2.24) is 4.57 Å². The second-order valence-electron chi connectivity index (χ2n) is 12.9. The van der Waals surface area contributed by atoms with Gasteiger partial charge in [0.05, 0.1) is 11.0 Å². The van der Waals surface area contributed by atoms with Gasteiger partial charge in [-0.1, -0.05) is 158 Å². The Bertz CT molecular complexity index is 2840. The molecule has 1 heteroatoms. The average molecular weight is 622 g/mol. The Morgan fingerprint density at radius 3 is 1.61 bits per heavy atom. The lowest BCUT2D eigenvalue weighted by Gasteiger charge is -2.19. The molecule has 1 nitrogen and oxygen atoms in total. The summed E-state index contributed by atoms with van der Waals surface area (Å²) >= 11 is 0. The third-order valence-corrected chi connectivity index (χ3v) is 10.2. The second-order valence-corrected chi connectivity index (χ2v) is 12.9. The Morgan fingerprint density at radius 2 is 0.837 bits per heavy atom. The van der Waals surface area contributed by atoms with E-state index in [-0.39, 0.29) is 0 Å². The molecule has 0 spiro atoms. The number of aromatic nitrogens is 1. The standard InChI is InChI=1S/C48H31N/c1-3-14-34(15-4-1)47-41-21-10-9-20-40(41)46(42-29-27-33-13-7-8-18-38(33)48(42)47)35-25-23-32(24-26-35)36-28-30-45-43(31-36)39-19-11-12-22-44(39)49(45)37-16-5-2-6-17-37/h1-31H. The van der Waals surface area contributed by atoms with Crippen LogP contribution in [0.1, 0.15) is 0 Å². The Kier molecular flexibility index (Phi) is 6.25. The fourth-order valence-corrected chi connectivity index (χ4v) is 8.00. The summed E-state index contributed by atoms with van der Waals surface area (Å²) in [6.07, 6.45) is 0.